The topological polar surface area (TPSA) is 154 Å². The molecule has 0 aromatic heterocycles. The number of nitrogens with one attached hydrogen (secondary N) is 1. The maximum atomic E-state index is 13.2. The number of hydrogen-bond acceptors (Lipinski definition) is 12. The van der Waals surface area contributed by atoms with Crippen LogP contribution in [-0.4, -0.2) is 94.4 Å². The number of carbonyl (C=O) groups excluding carboxylic acids is 1. The highest BCUT2D eigenvalue weighted by molar-refractivity contribution is 7.53. The number of rotatable bonds is 5. The molecule has 0 aliphatic carbocycles. The van der Waals surface area contributed by atoms with Crippen LogP contribution in [0.15, 0.2) is 0 Å². The van der Waals surface area contributed by atoms with E-state index >= 15 is 0 Å². The van der Waals surface area contributed by atoms with Crippen molar-refractivity contribution < 1.29 is 46.2 Å². The van der Waals surface area contributed by atoms with Gasteiger partial charge in [-0.25, -0.2) is 0 Å². The van der Waals surface area contributed by atoms with Gasteiger partial charge in [-0.2, -0.15) is 0 Å². The van der Waals surface area contributed by atoms with Gasteiger partial charge in [-0.3, -0.25) is 13.9 Å². The molecule has 3 N–H and O–H groups in total. The van der Waals surface area contributed by atoms with Gasteiger partial charge in [0.15, 0.2) is 0 Å². The van der Waals surface area contributed by atoms with Crippen molar-refractivity contribution in [3.05, 3.63) is 0 Å². The quantitative estimate of drug-likeness (QED) is 0.308. The van der Waals surface area contributed by atoms with Crippen LogP contribution in [0, 0.1) is 0 Å². The lowest BCUT2D eigenvalue weighted by molar-refractivity contribution is -0.144. The molecule has 3 heterocycles. The van der Waals surface area contributed by atoms with Crippen molar-refractivity contribution in [3.63, 3.8) is 0 Å². The average Bonchev–Trinajstić information content (AvgIpc) is 3.19. The van der Waals surface area contributed by atoms with E-state index in [1.54, 1.807) is 6.92 Å². The maximum absolute atomic E-state index is 13.2. The number of esters is 1. The summed E-state index contributed by atoms with van der Waals surface area (Å²) in [6.45, 7) is 8.29. The smallest absolute Gasteiger partial charge is 0.328 e. The van der Waals surface area contributed by atoms with Crippen molar-refractivity contribution in [3.8, 4) is 0 Å². The van der Waals surface area contributed by atoms with Crippen LogP contribution in [0.4, 0.5) is 0 Å². The minimum atomic E-state index is -3.52. The molecule has 0 aromatic rings. The van der Waals surface area contributed by atoms with Gasteiger partial charge in [0.25, 0.3) is 0 Å². The molecule has 3 saturated heterocycles. The number of ether oxygens (including phenoxy) is 3. The molecule has 10 unspecified atom stereocenters. The second kappa shape index (κ2) is 11.1. The average molecular weight is 514 g/mol. The highest BCUT2D eigenvalue weighted by atomic mass is 31.2. The molecule has 0 saturated carbocycles. The summed E-state index contributed by atoms with van der Waals surface area (Å²) in [6.07, 6.45) is -2.44. The fourth-order valence-corrected chi connectivity index (χ4v) is 6.50. The van der Waals surface area contributed by atoms with Crippen LogP contribution in [0.25, 0.3) is 0 Å². The number of fused-ring (bicyclic) bond motifs is 2. The molecule has 192 valence electrons. The molecule has 3 aliphatic rings. The Bertz CT molecular complexity index is 784. The Morgan fingerprint density at radius 3 is 2.36 bits per heavy atom. The Labute approximate surface area is 194 Å². The van der Waals surface area contributed by atoms with Crippen molar-refractivity contribution in [1.29, 1.82) is 0 Å². The molecule has 0 bridgehead atoms. The third-order valence-corrected chi connectivity index (χ3v) is 8.20. The van der Waals surface area contributed by atoms with Crippen molar-refractivity contribution in [2.45, 2.75) is 75.9 Å². The Kier molecular flexibility index (Phi) is 9.17. The van der Waals surface area contributed by atoms with E-state index in [4.69, 9.17) is 38.0 Å². The van der Waals surface area contributed by atoms with Crippen LogP contribution in [0.3, 0.4) is 0 Å². The summed E-state index contributed by atoms with van der Waals surface area (Å²) >= 11 is 0. The van der Waals surface area contributed by atoms with Gasteiger partial charge < -0.3 is 43.4 Å². The first kappa shape index (κ1) is 27.2. The summed E-state index contributed by atoms with van der Waals surface area (Å²) in [4.78, 5) is 11.5. The first-order valence-corrected chi connectivity index (χ1v) is 15.1. The first-order valence-electron chi connectivity index (χ1n) is 11.1. The molecule has 3 aliphatic heterocycles. The largest absolute Gasteiger partial charge is 0.463 e. The van der Waals surface area contributed by atoms with E-state index < -0.39 is 57.7 Å². The molecule has 12 nitrogen and oxygen atoms in total. The van der Waals surface area contributed by atoms with E-state index in [0.717, 1.165) is 0 Å². The standard InChI is InChI=1S/C19H36N2O10P2/c1-11-8-14-15(28-11)9-26-33(5,24)31-18-16(10-27-32(4,23)30-14)29-13(3)17(18)21-6-7-25-19(22)12(2)20/h11-18,21H,6-10,20H2,1-5H3. The Morgan fingerprint density at radius 1 is 1.06 bits per heavy atom. The molecule has 10 atom stereocenters. The third kappa shape index (κ3) is 7.54. The van der Waals surface area contributed by atoms with Crippen LogP contribution in [-0.2, 0) is 46.2 Å². The van der Waals surface area contributed by atoms with Gasteiger partial charge in [0.2, 0.25) is 0 Å². The molecule has 0 radical (unpaired) electrons. The number of hydrogen-bond donors (Lipinski definition) is 2. The molecule has 14 heteroatoms. The van der Waals surface area contributed by atoms with Gasteiger partial charge >= 0.3 is 21.2 Å². The van der Waals surface area contributed by atoms with E-state index in [9.17, 15) is 13.9 Å². The second-order valence-electron chi connectivity index (χ2n) is 8.88. The summed E-state index contributed by atoms with van der Waals surface area (Å²) in [5.74, 6) is -0.507. The van der Waals surface area contributed by atoms with E-state index in [1.165, 1.54) is 13.3 Å². The zero-order valence-corrected chi connectivity index (χ0v) is 21.5. The van der Waals surface area contributed by atoms with Gasteiger partial charge in [0.1, 0.15) is 31.0 Å². The van der Waals surface area contributed by atoms with Crippen molar-refractivity contribution >= 4 is 21.2 Å². The van der Waals surface area contributed by atoms with E-state index in [-0.39, 0.29) is 32.0 Å². The van der Waals surface area contributed by atoms with Crippen LogP contribution in [0.5, 0.6) is 0 Å². The van der Waals surface area contributed by atoms with Crippen molar-refractivity contribution in [2.24, 2.45) is 5.73 Å². The lowest BCUT2D eigenvalue weighted by Gasteiger charge is -2.30. The summed E-state index contributed by atoms with van der Waals surface area (Å²) < 4.78 is 65.9. The number of carbonyl (C=O) groups is 1. The van der Waals surface area contributed by atoms with Crippen LogP contribution in [0.1, 0.15) is 27.2 Å². The first-order chi connectivity index (χ1) is 15.4. The fraction of sp³-hybridized carbons (Fsp3) is 0.947. The zero-order valence-electron chi connectivity index (χ0n) is 19.7. The normalized spacial score (nSPS) is 45.3. The fourth-order valence-electron chi connectivity index (χ4n) is 4.12. The van der Waals surface area contributed by atoms with Crippen LogP contribution < -0.4 is 11.1 Å². The van der Waals surface area contributed by atoms with Gasteiger partial charge in [-0.15, -0.1) is 0 Å². The summed E-state index contributed by atoms with van der Waals surface area (Å²) in [5, 5.41) is 3.21. The predicted octanol–water partition coefficient (Wildman–Crippen LogP) is 1.26. The Hall–Kier alpha value is -0.390. The maximum Gasteiger partial charge on any atom is 0.328 e. The molecular formula is C19H36N2O10P2. The molecule has 3 rings (SSSR count). The molecule has 0 spiro atoms. The van der Waals surface area contributed by atoms with Gasteiger partial charge in [-0.1, -0.05) is 0 Å². The molecular weight excluding hydrogens is 478 g/mol. The highest BCUT2D eigenvalue weighted by Crippen LogP contribution is 2.52. The lowest BCUT2D eigenvalue weighted by Crippen LogP contribution is -2.47. The van der Waals surface area contributed by atoms with Gasteiger partial charge in [-0.05, 0) is 20.8 Å². The minimum absolute atomic E-state index is 0.0398. The lowest BCUT2D eigenvalue weighted by atomic mass is 10.1. The van der Waals surface area contributed by atoms with Crippen molar-refractivity contribution in [1.82, 2.24) is 5.32 Å². The molecule has 33 heavy (non-hydrogen) atoms. The summed E-state index contributed by atoms with van der Waals surface area (Å²) in [7, 11) is -6.96. The van der Waals surface area contributed by atoms with E-state index in [0.29, 0.717) is 13.0 Å². The Balaban J connectivity index is 1.70. The minimum Gasteiger partial charge on any atom is -0.463 e. The van der Waals surface area contributed by atoms with Crippen LogP contribution in [0.2, 0.25) is 0 Å². The zero-order chi connectivity index (χ0) is 24.4. The molecule has 0 aromatic carbocycles. The second-order valence-corrected chi connectivity index (χ2v) is 12.9. The van der Waals surface area contributed by atoms with E-state index in [2.05, 4.69) is 5.32 Å². The number of nitrogens with two attached hydrogens (primary N) is 1. The van der Waals surface area contributed by atoms with Crippen molar-refractivity contribution in [2.75, 3.05) is 39.7 Å². The highest BCUT2D eigenvalue weighted by Gasteiger charge is 2.48. The van der Waals surface area contributed by atoms with Gasteiger partial charge in [0, 0.05) is 26.3 Å². The monoisotopic (exact) mass is 514 g/mol. The summed E-state index contributed by atoms with van der Waals surface area (Å²) in [6, 6.07) is -1.13. The molecule has 0 amide bonds. The third-order valence-electron chi connectivity index (χ3n) is 5.69. The predicted molar refractivity (Wildman–Crippen MR) is 118 cm³/mol. The Morgan fingerprint density at radius 2 is 1.70 bits per heavy atom. The summed E-state index contributed by atoms with van der Waals surface area (Å²) in [5.41, 5.74) is 5.49. The van der Waals surface area contributed by atoms with Crippen LogP contribution >= 0.6 is 15.2 Å². The van der Waals surface area contributed by atoms with E-state index in [1.807, 2.05) is 13.8 Å². The van der Waals surface area contributed by atoms with Gasteiger partial charge in [0.05, 0.1) is 37.6 Å². The molecule has 3 fully saturated rings. The SMILES string of the molecule is CC1CC2OP(C)(=O)OCC3OC(C)C(NCCOC(=O)C(C)N)C3OP(C)(=O)OCC2O1.